The average Bonchev–Trinajstić information content (AvgIpc) is 2.89. The van der Waals surface area contributed by atoms with Crippen molar-refractivity contribution in [2.24, 2.45) is 0 Å². The molecule has 9 nitrogen and oxygen atoms in total. The van der Waals surface area contributed by atoms with Crippen molar-refractivity contribution in [3.05, 3.63) is 22.5 Å². The molecule has 0 saturated carbocycles. The van der Waals surface area contributed by atoms with Gasteiger partial charge in [0.05, 0.1) is 19.6 Å². The van der Waals surface area contributed by atoms with E-state index in [2.05, 4.69) is 4.98 Å². The van der Waals surface area contributed by atoms with E-state index in [1.807, 2.05) is 0 Å². The first-order valence-corrected chi connectivity index (χ1v) is 5.33. The fraction of sp³-hybridized carbons (Fsp3) is 0.556. The number of imidazole rings is 1. The smallest absolute Gasteiger partial charge is 0.434 e. The van der Waals surface area contributed by atoms with Crippen LogP contribution in [0.2, 0.25) is 0 Å². The zero-order valence-electron chi connectivity index (χ0n) is 9.43. The van der Waals surface area contributed by atoms with Crippen LogP contribution in [-0.4, -0.2) is 56.4 Å². The summed E-state index contributed by atoms with van der Waals surface area (Å²) in [7, 11) is 0. The van der Waals surface area contributed by atoms with Crippen LogP contribution in [-0.2, 0) is 11.3 Å². The monoisotopic (exact) mass is 256 g/mol. The van der Waals surface area contributed by atoms with Crippen molar-refractivity contribution in [1.29, 1.82) is 0 Å². The zero-order valence-corrected chi connectivity index (χ0v) is 9.43. The number of aliphatic hydroxyl groups excluding tert-OH is 1. The van der Waals surface area contributed by atoms with Gasteiger partial charge in [-0.1, -0.05) is 4.98 Å². The number of carbonyl (C=O) groups is 1. The van der Waals surface area contributed by atoms with Crippen molar-refractivity contribution >= 4 is 12.0 Å². The molecule has 1 unspecified atom stereocenters. The molecule has 98 valence electrons. The molecule has 1 aromatic heterocycles. The third-order valence-corrected chi connectivity index (χ3v) is 2.54. The number of rotatable bonds is 5. The predicted octanol–water partition coefficient (Wildman–Crippen LogP) is -0.396. The standard InChI is InChI=1S/C9H12N4O5/c14-7(6-12-3-4-18-9(12)15)5-11-2-1-10-8(11)13(16)17/h1-2,7,14H,3-6H2. The van der Waals surface area contributed by atoms with E-state index in [4.69, 9.17) is 4.74 Å². The summed E-state index contributed by atoms with van der Waals surface area (Å²) in [6, 6.07) is 0. The van der Waals surface area contributed by atoms with Crippen molar-refractivity contribution in [1.82, 2.24) is 14.5 Å². The van der Waals surface area contributed by atoms with Crippen LogP contribution in [0, 0.1) is 10.1 Å². The molecule has 1 N–H and O–H groups in total. The van der Waals surface area contributed by atoms with E-state index >= 15 is 0 Å². The van der Waals surface area contributed by atoms with Crippen LogP contribution in [0.3, 0.4) is 0 Å². The largest absolute Gasteiger partial charge is 0.448 e. The normalized spacial score (nSPS) is 16.7. The molecule has 1 atom stereocenters. The molecule has 1 saturated heterocycles. The highest BCUT2D eigenvalue weighted by molar-refractivity contribution is 5.69. The van der Waals surface area contributed by atoms with Gasteiger partial charge in [0.15, 0.2) is 0 Å². The minimum absolute atomic E-state index is 0.0000926. The Labute approximate surface area is 102 Å². The summed E-state index contributed by atoms with van der Waals surface area (Å²) in [4.78, 5) is 26.1. The van der Waals surface area contributed by atoms with Gasteiger partial charge in [-0.05, 0) is 4.92 Å². The van der Waals surface area contributed by atoms with Crippen LogP contribution in [0.4, 0.5) is 10.7 Å². The van der Waals surface area contributed by atoms with Crippen LogP contribution < -0.4 is 0 Å². The molecule has 1 aromatic rings. The van der Waals surface area contributed by atoms with E-state index in [0.29, 0.717) is 13.2 Å². The Hall–Kier alpha value is -2.16. The molecular formula is C9H12N4O5. The van der Waals surface area contributed by atoms with Crippen LogP contribution in [0.1, 0.15) is 0 Å². The summed E-state index contributed by atoms with van der Waals surface area (Å²) >= 11 is 0. The number of nitrogens with zero attached hydrogens (tertiary/aromatic N) is 4. The summed E-state index contributed by atoms with van der Waals surface area (Å²) in [5, 5.41) is 20.4. The van der Waals surface area contributed by atoms with Gasteiger partial charge in [0.2, 0.25) is 0 Å². The van der Waals surface area contributed by atoms with E-state index in [-0.39, 0.29) is 19.0 Å². The Bertz CT molecular complexity index is 460. The van der Waals surface area contributed by atoms with Crippen LogP contribution in [0.25, 0.3) is 0 Å². The molecule has 1 amide bonds. The minimum Gasteiger partial charge on any atom is -0.448 e. The van der Waals surface area contributed by atoms with Gasteiger partial charge in [-0.3, -0.25) is 0 Å². The van der Waals surface area contributed by atoms with Crippen LogP contribution in [0.5, 0.6) is 0 Å². The number of hydrogen-bond acceptors (Lipinski definition) is 6. The number of cyclic esters (lactones) is 1. The van der Waals surface area contributed by atoms with Gasteiger partial charge in [-0.2, -0.15) is 0 Å². The summed E-state index contributed by atoms with van der Waals surface area (Å²) in [6.07, 6.45) is 1.30. The van der Waals surface area contributed by atoms with Gasteiger partial charge in [-0.15, -0.1) is 0 Å². The highest BCUT2D eigenvalue weighted by Gasteiger charge is 2.26. The summed E-state index contributed by atoms with van der Waals surface area (Å²) in [5.74, 6) is -0.335. The van der Waals surface area contributed by atoms with E-state index in [1.54, 1.807) is 0 Å². The van der Waals surface area contributed by atoms with Crippen molar-refractivity contribution in [3.8, 4) is 0 Å². The molecule has 0 aromatic carbocycles. The first-order chi connectivity index (χ1) is 8.58. The lowest BCUT2D eigenvalue weighted by Crippen LogP contribution is -2.35. The lowest BCUT2D eigenvalue weighted by molar-refractivity contribution is -0.397. The summed E-state index contributed by atoms with van der Waals surface area (Å²) in [5.41, 5.74) is 0. The predicted molar refractivity (Wildman–Crippen MR) is 57.8 cm³/mol. The lowest BCUT2D eigenvalue weighted by atomic mass is 10.3. The maximum Gasteiger partial charge on any atom is 0.434 e. The first-order valence-electron chi connectivity index (χ1n) is 5.33. The third-order valence-electron chi connectivity index (χ3n) is 2.54. The van der Waals surface area contributed by atoms with Crippen LogP contribution in [0.15, 0.2) is 12.4 Å². The number of nitro groups is 1. The van der Waals surface area contributed by atoms with Gasteiger partial charge < -0.3 is 24.9 Å². The van der Waals surface area contributed by atoms with Gasteiger partial charge in [0.25, 0.3) is 0 Å². The first kappa shape index (κ1) is 12.3. The maximum absolute atomic E-state index is 11.2. The minimum atomic E-state index is -0.913. The molecule has 0 aliphatic carbocycles. The lowest BCUT2D eigenvalue weighted by Gasteiger charge is -2.16. The molecule has 2 rings (SSSR count). The quantitative estimate of drug-likeness (QED) is 0.567. The van der Waals surface area contributed by atoms with Crippen molar-refractivity contribution in [2.45, 2.75) is 12.6 Å². The number of ether oxygens (including phenoxy) is 1. The number of hydrogen-bond donors (Lipinski definition) is 1. The Morgan fingerprint density at radius 3 is 3.00 bits per heavy atom. The summed E-state index contributed by atoms with van der Waals surface area (Å²) < 4.78 is 5.94. The second kappa shape index (κ2) is 5.00. The van der Waals surface area contributed by atoms with Crippen LogP contribution >= 0.6 is 0 Å². The van der Waals surface area contributed by atoms with Gasteiger partial charge in [-0.25, -0.2) is 9.36 Å². The number of β-amino-alcohol motifs (C(OH)–C–C–N with tert-alkyl or cyclic N) is 1. The molecule has 9 heteroatoms. The highest BCUT2D eigenvalue weighted by atomic mass is 16.6. The van der Waals surface area contributed by atoms with Crippen molar-refractivity contribution < 1.29 is 19.6 Å². The number of amides is 1. The molecule has 2 heterocycles. The van der Waals surface area contributed by atoms with Gasteiger partial charge >= 0.3 is 12.0 Å². The van der Waals surface area contributed by atoms with E-state index < -0.39 is 17.1 Å². The molecule has 0 spiro atoms. The van der Waals surface area contributed by atoms with Gasteiger partial charge in [0, 0.05) is 0 Å². The molecule has 0 bridgehead atoms. The Kier molecular flexibility index (Phi) is 3.42. The molecular weight excluding hydrogens is 244 g/mol. The Balaban J connectivity index is 1.94. The SMILES string of the molecule is O=C1OCCN1CC(O)Cn1ccnc1[N+](=O)[O-]. The van der Waals surface area contributed by atoms with Crippen molar-refractivity contribution in [3.63, 3.8) is 0 Å². The molecule has 18 heavy (non-hydrogen) atoms. The number of aromatic nitrogens is 2. The van der Waals surface area contributed by atoms with Gasteiger partial charge in [0.1, 0.15) is 25.1 Å². The Morgan fingerprint density at radius 1 is 1.61 bits per heavy atom. The second-order valence-corrected chi connectivity index (χ2v) is 3.85. The van der Waals surface area contributed by atoms with Crippen molar-refractivity contribution in [2.75, 3.05) is 19.7 Å². The Morgan fingerprint density at radius 2 is 2.39 bits per heavy atom. The number of carbonyl (C=O) groups excluding carboxylic acids is 1. The van der Waals surface area contributed by atoms with E-state index in [9.17, 15) is 20.0 Å². The molecule has 1 aliphatic rings. The molecule has 0 radical (unpaired) electrons. The second-order valence-electron chi connectivity index (χ2n) is 3.85. The molecule has 1 aliphatic heterocycles. The molecule has 1 fully saturated rings. The maximum atomic E-state index is 11.2. The summed E-state index contributed by atoms with van der Waals surface area (Å²) in [6.45, 7) is 0.799. The third kappa shape index (κ3) is 2.56. The van der Waals surface area contributed by atoms with E-state index in [1.165, 1.54) is 21.9 Å². The topological polar surface area (TPSA) is 111 Å². The van der Waals surface area contributed by atoms with E-state index in [0.717, 1.165) is 0 Å². The highest BCUT2D eigenvalue weighted by Crippen LogP contribution is 2.10. The average molecular weight is 256 g/mol. The fourth-order valence-electron chi connectivity index (χ4n) is 1.75. The number of aliphatic hydroxyl groups is 1. The zero-order chi connectivity index (χ0) is 13.1. The fourth-order valence-corrected chi connectivity index (χ4v) is 1.75.